The van der Waals surface area contributed by atoms with Gasteiger partial charge in [0.2, 0.25) is 0 Å². The molecule has 2 saturated heterocycles. The lowest BCUT2D eigenvalue weighted by molar-refractivity contribution is -0.138. The fourth-order valence-electron chi connectivity index (χ4n) is 6.27. The first-order valence-electron chi connectivity index (χ1n) is 14.0. The highest BCUT2D eigenvalue weighted by atomic mass is 19.4. The molecule has 1 atom stereocenters. The molecule has 0 saturated carbocycles. The van der Waals surface area contributed by atoms with E-state index in [1.807, 2.05) is 11.0 Å². The van der Waals surface area contributed by atoms with E-state index >= 15 is 4.39 Å². The van der Waals surface area contributed by atoms with Crippen molar-refractivity contribution in [3.8, 4) is 5.75 Å². The molecule has 3 aromatic carbocycles. The average molecular weight is 585 g/mol. The van der Waals surface area contributed by atoms with E-state index in [2.05, 4.69) is 4.90 Å². The molecule has 0 bridgehead atoms. The predicted octanol–water partition coefficient (Wildman–Crippen LogP) is 5.30. The number of hydrogen-bond acceptors (Lipinski definition) is 5. The van der Waals surface area contributed by atoms with Crippen molar-refractivity contribution in [1.29, 1.82) is 0 Å². The highest BCUT2D eigenvalue weighted by Gasteiger charge is 2.35. The molecule has 6 rings (SSSR count). The van der Waals surface area contributed by atoms with Gasteiger partial charge in [0.15, 0.2) is 0 Å². The minimum absolute atomic E-state index is 0.00999. The van der Waals surface area contributed by atoms with E-state index in [1.54, 1.807) is 28.8 Å². The molecule has 2 aliphatic rings. The zero-order chi connectivity index (χ0) is 29.4. The minimum atomic E-state index is -4.56. The van der Waals surface area contributed by atoms with E-state index in [9.17, 15) is 18.0 Å². The Morgan fingerprint density at radius 1 is 0.929 bits per heavy atom. The van der Waals surface area contributed by atoms with E-state index in [0.717, 1.165) is 24.7 Å². The van der Waals surface area contributed by atoms with Crippen molar-refractivity contribution in [2.75, 3.05) is 51.4 Å². The highest BCUT2D eigenvalue weighted by Crippen LogP contribution is 2.36. The van der Waals surface area contributed by atoms with E-state index in [4.69, 9.17) is 9.47 Å². The normalized spacial score (nSPS) is 18.2. The molecule has 4 aromatic rings. The van der Waals surface area contributed by atoms with Gasteiger partial charge in [-0.15, -0.1) is 0 Å². The molecule has 42 heavy (non-hydrogen) atoms. The number of ether oxygens (including phenoxy) is 2. The molecule has 7 nitrogen and oxygen atoms in total. The number of benzene rings is 3. The Morgan fingerprint density at radius 3 is 2.43 bits per heavy atom. The lowest BCUT2D eigenvalue weighted by Crippen LogP contribution is -2.36. The average Bonchev–Trinajstić information content (AvgIpc) is 3.55. The fraction of sp³-hybridized carbons (Fsp3) is 0.387. The van der Waals surface area contributed by atoms with Crippen LogP contribution >= 0.6 is 0 Å². The maximum Gasteiger partial charge on any atom is 0.416 e. The number of para-hydroxylation sites is 2. The van der Waals surface area contributed by atoms with Crippen molar-refractivity contribution < 1.29 is 27.0 Å². The second kappa shape index (κ2) is 11.4. The van der Waals surface area contributed by atoms with Gasteiger partial charge in [0.05, 0.1) is 49.7 Å². The molecule has 2 aliphatic heterocycles. The van der Waals surface area contributed by atoms with Gasteiger partial charge in [-0.2, -0.15) is 13.2 Å². The van der Waals surface area contributed by atoms with Gasteiger partial charge < -0.3 is 14.4 Å². The summed E-state index contributed by atoms with van der Waals surface area (Å²) in [6, 6.07) is 15.3. The molecule has 0 N–H and O–H groups in total. The molecule has 0 radical (unpaired) electrons. The smallest absolute Gasteiger partial charge is 0.416 e. The summed E-state index contributed by atoms with van der Waals surface area (Å²) in [6.07, 6.45) is -3.99. The number of aromatic nitrogens is 2. The molecule has 11 heteroatoms. The Morgan fingerprint density at radius 2 is 1.67 bits per heavy atom. The van der Waals surface area contributed by atoms with Crippen molar-refractivity contribution in [2.45, 2.75) is 31.7 Å². The number of anilines is 1. The molecule has 2 fully saturated rings. The molecule has 0 aliphatic carbocycles. The van der Waals surface area contributed by atoms with Crippen LogP contribution in [-0.4, -0.2) is 60.5 Å². The summed E-state index contributed by atoms with van der Waals surface area (Å²) < 4.78 is 70.8. The SMILES string of the molecule is COc1cccc2c1n(Cc1ccccc1C(F)(F)F)c(=O)n2C1CCN(c2c(F)cccc2CN2CCOCC2)C1. The number of methoxy groups -OCH3 is 1. The minimum Gasteiger partial charge on any atom is -0.494 e. The Balaban J connectivity index is 1.37. The van der Waals surface area contributed by atoms with Gasteiger partial charge in [0, 0.05) is 32.7 Å². The van der Waals surface area contributed by atoms with Crippen molar-refractivity contribution in [1.82, 2.24) is 14.0 Å². The zero-order valence-electron chi connectivity index (χ0n) is 23.2. The number of hydrogen-bond donors (Lipinski definition) is 0. The summed E-state index contributed by atoms with van der Waals surface area (Å²) in [7, 11) is 1.47. The van der Waals surface area contributed by atoms with E-state index in [-0.39, 0.29) is 24.0 Å². The number of nitrogens with zero attached hydrogens (tertiary/aromatic N) is 4. The Hall–Kier alpha value is -3.83. The third-order valence-corrected chi connectivity index (χ3v) is 8.23. The van der Waals surface area contributed by atoms with E-state index < -0.39 is 17.4 Å². The second-order valence-electron chi connectivity index (χ2n) is 10.7. The van der Waals surface area contributed by atoms with E-state index in [1.165, 1.54) is 35.9 Å². The van der Waals surface area contributed by atoms with Gasteiger partial charge in [0.1, 0.15) is 17.1 Å². The van der Waals surface area contributed by atoms with Crippen molar-refractivity contribution in [2.24, 2.45) is 0 Å². The molecule has 0 spiro atoms. The van der Waals surface area contributed by atoms with Crippen LogP contribution in [0.4, 0.5) is 23.2 Å². The van der Waals surface area contributed by atoms with Crippen LogP contribution in [0.1, 0.15) is 29.2 Å². The predicted molar refractivity (Wildman–Crippen MR) is 152 cm³/mol. The van der Waals surface area contributed by atoms with Crippen LogP contribution < -0.4 is 15.3 Å². The highest BCUT2D eigenvalue weighted by molar-refractivity contribution is 5.83. The molecular formula is C31H32F4N4O3. The maximum atomic E-state index is 15.3. The Kier molecular flexibility index (Phi) is 7.71. The van der Waals surface area contributed by atoms with Crippen LogP contribution in [0.5, 0.6) is 5.75 Å². The van der Waals surface area contributed by atoms with Gasteiger partial charge in [-0.05, 0) is 41.8 Å². The molecule has 0 amide bonds. The quantitative estimate of drug-likeness (QED) is 0.276. The fourth-order valence-corrected chi connectivity index (χ4v) is 6.27. The van der Waals surface area contributed by atoms with Gasteiger partial charge in [-0.1, -0.05) is 36.4 Å². The molecule has 1 aromatic heterocycles. The summed E-state index contributed by atoms with van der Waals surface area (Å²) in [4.78, 5) is 18.2. The summed E-state index contributed by atoms with van der Waals surface area (Å²) in [6.45, 7) is 4.05. The van der Waals surface area contributed by atoms with Crippen molar-refractivity contribution in [3.05, 3.63) is 93.7 Å². The maximum absolute atomic E-state index is 15.3. The van der Waals surface area contributed by atoms with Crippen LogP contribution in [0.15, 0.2) is 65.5 Å². The first-order chi connectivity index (χ1) is 20.3. The number of rotatable bonds is 7. The van der Waals surface area contributed by atoms with Crippen molar-refractivity contribution in [3.63, 3.8) is 0 Å². The zero-order valence-corrected chi connectivity index (χ0v) is 23.2. The van der Waals surface area contributed by atoms with Crippen LogP contribution in [-0.2, 0) is 24.0 Å². The standard InChI is InChI=1S/C31H32F4N4O3/c1-41-27-11-5-10-26-29(27)38(19-21-6-2-3-8-24(21)31(33,34)35)30(40)39(26)23-12-13-37(20-23)28-22(7-4-9-25(28)32)18-36-14-16-42-17-15-36/h2-11,23H,12-20H2,1H3. The topological polar surface area (TPSA) is 51.9 Å². The third-order valence-electron chi connectivity index (χ3n) is 8.23. The Bertz CT molecular complexity index is 1640. The number of fused-ring (bicyclic) bond motifs is 1. The first kappa shape index (κ1) is 28.3. The number of morpholine rings is 1. The number of imidazole rings is 1. The molecule has 1 unspecified atom stereocenters. The van der Waals surface area contributed by atoms with E-state index in [0.29, 0.717) is 61.7 Å². The summed E-state index contributed by atoms with van der Waals surface area (Å²) >= 11 is 0. The van der Waals surface area contributed by atoms with Crippen LogP contribution in [0.2, 0.25) is 0 Å². The second-order valence-corrected chi connectivity index (χ2v) is 10.7. The van der Waals surface area contributed by atoms with Crippen LogP contribution in [0, 0.1) is 5.82 Å². The summed E-state index contributed by atoms with van der Waals surface area (Å²) in [5, 5.41) is 0. The third kappa shape index (κ3) is 5.27. The first-order valence-corrected chi connectivity index (χ1v) is 14.0. The summed E-state index contributed by atoms with van der Waals surface area (Å²) in [5.74, 6) is 0.0752. The Labute approximate surface area is 240 Å². The van der Waals surface area contributed by atoms with Gasteiger partial charge in [-0.25, -0.2) is 9.18 Å². The molecule has 3 heterocycles. The number of alkyl halides is 3. The largest absolute Gasteiger partial charge is 0.494 e. The van der Waals surface area contributed by atoms with Gasteiger partial charge >= 0.3 is 11.9 Å². The van der Waals surface area contributed by atoms with Crippen molar-refractivity contribution >= 4 is 16.7 Å². The van der Waals surface area contributed by atoms with Gasteiger partial charge in [0.25, 0.3) is 0 Å². The lowest BCUT2D eigenvalue weighted by Gasteiger charge is -2.29. The summed E-state index contributed by atoms with van der Waals surface area (Å²) in [5.41, 5.74) is 1.17. The molecule has 222 valence electrons. The molecular weight excluding hydrogens is 552 g/mol. The van der Waals surface area contributed by atoms with Crippen LogP contribution in [0.3, 0.4) is 0 Å². The lowest BCUT2D eigenvalue weighted by atomic mass is 10.1. The van der Waals surface area contributed by atoms with Crippen LogP contribution in [0.25, 0.3) is 11.0 Å². The van der Waals surface area contributed by atoms with Gasteiger partial charge in [-0.3, -0.25) is 14.0 Å². The monoisotopic (exact) mass is 584 g/mol. The number of halogens is 4.